The van der Waals surface area contributed by atoms with E-state index < -0.39 is 36.4 Å². The Kier molecular flexibility index (Phi) is 2.20. The summed E-state index contributed by atoms with van der Waals surface area (Å²) in [5.41, 5.74) is 0. The molecule has 2 atom stereocenters. The highest BCUT2D eigenvalue weighted by Crippen LogP contribution is 2.10. The van der Waals surface area contributed by atoms with Gasteiger partial charge in [-0.2, -0.15) is 0 Å². The van der Waals surface area contributed by atoms with Gasteiger partial charge in [-0.3, -0.25) is 9.59 Å². The molecule has 0 aromatic rings. The van der Waals surface area contributed by atoms with Gasteiger partial charge in [0.2, 0.25) is 6.10 Å². The zero-order valence-corrected chi connectivity index (χ0v) is 5.93. The van der Waals surface area contributed by atoms with Crippen LogP contribution in [0.25, 0.3) is 0 Å². The molecule has 1 heterocycles. The summed E-state index contributed by atoms with van der Waals surface area (Å²) in [5, 5.41) is 17.3. The van der Waals surface area contributed by atoms with Crippen molar-refractivity contribution in [2.75, 3.05) is 6.61 Å². The van der Waals surface area contributed by atoms with E-state index in [1.807, 2.05) is 0 Å². The largest absolute Gasteiger partial charge is 0.470 e. The molecule has 1 aliphatic heterocycles. The third kappa shape index (κ3) is 1.21. The van der Waals surface area contributed by atoms with Crippen LogP contribution in [0.15, 0.2) is 0 Å². The van der Waals surface area contributed by atoms with E-state index in [4.69, 9.17) is 15.0 Å². The van der Waals surface area contributed by atoms with Crippen LogP contribution in [0.4, 0.5) is 0 Å². The van der Waals surface area contributed by atoms with Crippen molar-refractivity contribution in [1.29, 1.82) is 0 Å². The van der Waals surface area contributed by atoms with Gasteiger partial charge in [-0.05, 0) is 0 Å². The van der Waals surface area contributed by atoms with Crippen LogP contribution in [0, 0.1) is 0 Å². The van der Waals surface area contributed by atoms with Crippen molar-refractivity contribution in [3.8, 4) is 0 Å². The first-order chi connectivity index (χ1) is 5.57. The van der Waals surface area contributed by atoms with Gasteiger partial charge in [0.25, 0.3) is 0 Å². The summed E-state index contributed by atoms with van der Waals surface area (Å²) in [6.45, 7) is -0.711. The van der Waals surface area contributed by atoms with Crippen LogP contribution in [0.3, 0.4) is 0 Å². The number of hydrogen-bond donors (Lipinski definition) is 2. The fourth-order valence-electron chi connectivity index (χ4n) is 0.809. The van der Waals surface area contributed by atoms with Crippen molar-refractivity contribution >= 4 is 17.5 Å². The van der Waals surface area contributed by atoms with Crippen molar-refractivity contribution < 1.29 is 29.3 Å². The number of carbonyl (C=O) groups is 2. The highest BCUT2D eigenvalue weighted by molar-refractivity contribution is 6.66. The predicted octanol–water partition coefficient (Wildman–Crippen LogP) is -2.62. The minimum atomic E-state index is -1.48. The fourth-order valence-corrected chi connectivity index (χ4v) is 0.809. The van der Waals surface area contributed by atoms with Crippen LogP contribution < -0.4 is 0 Å². The standard InChI is InChI=1S/C6H6O6/c7-1-2(8)5-3(9)4(10)6(11)12-5/h2,5,7-8H,1H2/p+1/t2-,5+/m0/s1. The highest BCUT2D eigenvalue weighted by atomic mass is 16.6. The van der Waals surface area contributed by atoms with Crippen LogP contribution in [-0.2, 0) is 14.3 Å². The Morgan fingerprint density at radius 1 is 1.58 bits per heavy atom. The average molecular weight is 175 g/mol. The van der Waals surface area contributed by atoms with E-state index in [-0.39, 0.29) is 0 Å². The lowest BCUT2D eigenvalue weighted by Crippen LogP contribution is -2.35. The van der Waals surface area contributed by atoms with E-state index in [2.05, 4.69) is 4.74 Å². The number of esters is 1. The van der Waals surface area contributed by atoms with E-state index in [1.54, 1.807) is 0 Å². The summed E-state index contributed by atoms with van der Waals surface area (Å²) in [6, 6.07) is 0. The molecule has 1 fully saturated rings. The van der Waals surface area contributed by atoms with Crippen molar-refractivity contribution in [3.63, 3.8) is 0 Å². The van der Waals surface area contributed by atoms with Gasteiger partial charge in [0.1, 0.15) is 6.10 Å². The number of Topliss-reactive ketones (excluding diaryl/α,β-unsaturated/α-hetero) is 1. The van der Waals surface area contributed by atoms with Gasteiger partial charge in [-0.25, -0.2) is 4.79 Å². The minimum Gasteiger partial charge on any atom is -0.441 e. The molecule has 12 heavy (non-hydrogen) atoms. The summed E-state index contributed by atoms with van der Waals surface area (Å²) in [4.78, 5) is 30.0. The summed E-state index contributed by atoms with van der Waals surface area (Å²) < 4.78 is 4.25. The molecule has 1 saturated heterocycles. The Morgan fingerprint density at radius 3 is 2.50 bits per heavy atom. The molecule has 0 aromatic heterocycles. The first-order valence-corrected chi connectivity index (χ1v) is 3.18. The van der Waals surface area contributed by atoms with Gasteiger partial charge in [0, 0.05) is 0 Å². The fraction of sp³-hybridized carbons (Fsp3) is 0.500. The summed E-state index contributed by atoms with van der Waals surface area (Å²) in [5.74, 6) is -3.20. The predicted molar refractivity (Wildman–Crippen MR) is 34.9 cm³/mol. The van der Waals surface area contributed by atoms with E-state index in [0.717, 1.165) is 0 Å². The number of ether oxygens (including phenoxy) is 1. The maximum absolute atomic E-state index is 10.8. The maximum Gasteiger partial charge on any atom is 0.470 e. The summed E-state index contributed by atoms with van der Waals surface area (Å²) >= 11 is 0. The quantitative estimate of drug-likeness (QED) is 0.271. The third-order valence-electron chi connectivity index (χ3n) is 1.46. The molecule has 0 aromatic carbocycles. The topological polar surface area (TPSA) is 105 Å². The molecular weight excluding hydrogens is 168 g/mol. The summed E-state index contributed by atoms with van der Waals surface area (Å²) in [7, 11) is 0. The number of hydrogen-bond acceptors (Lipinski definition) is 5. The van der Waals surface area contributed by atoms with Gasteiger partial charge in [-0.15, -0.1) is 0 Å². The SMILES string of the molecule is O=C1O[C@H]([C@@H](O)CO)C(=O)C1=[OH+]. The maximum atomic E-state index is 10.8. The lowest BCUT2D eigenvalue weighted by molar-refractivity contribution is -0.147. The van der Waals surface area contributed by atoms with Crippen molar-refractivity contribution in [1.82, 2.24) is 0 Å². The van der Waals surface area contributed by atoms with Crippen molar-refractivity contribution in [2.24, 2.45) is 0 Å². The molecule has 0 spiro atoms. The molecule has 6 heteroatoms. The lowest BCUT2D eigenvalue weighted by Gasteiger charge is -2.10. The third-order valence-corrected chi connectivity index (χ3v) is 1.46. The Balaban J connectivity index is 2.78. The number of aliphatic hydroxyl groups excluding tert-OH is 2. The normalized spacial score (nSPS) is 25.8. The smallest absolute Gasteiger partial charge is 0.441 e. The molecular formula is C6H7O6+. The van der Waals surface area contributed by atoms with Gasteiger partial charge in [-0.1, -0.05) is 0 Å². The second kappa shape index (κ2) is 3.00. The Bertz CT molecular complexity index is 244. The van der Waals surface area contributed by atoms with E-state index in [1.165, 1.54) is 0 Å². The molecule has 0 saturated carbocycles. The average Bonchev–Trinajstić information content (AvgIpc) is 2.32. The number of aliphatic hydroxyl groups is 2. The van der Waals surface area contributed by atoms with E-state index >= 15 is 0 Å². The van der Waals surface area contributed by atoms with Crippen LogP contribution in [-0.4, -0.2) is 51.4 Å². The zero-order valence-electron chi connectivity index (χ0n) is 5.93. The molecule has 1 rings (SSSR count). The van der Waals surface area contributed by atoms with Crippen LogP contribution in [0.2, 0.25) is 0 Å². The molecule has 0 bridgehead atoms. The van der Waals surface area contributed by atoms with Crippen LogP contribution in [0.5, 0.6) is 0 Å². The van der Waals surface area contributed by atoms with Gasteiger partial charge >= 0.3 is 17.5 Å². The second-order valence-corrected chi connectivity index (χ2v) is 2.29. The molecule has 3 N–H and O–H groups in total. The number of rotatable bonds is 2. The first-order valence-electron chi connectivity index (χ1n) is 3.18. The zero-order chi connectivity index (χ0) is 9.30. The minimum absolute atomic E-state index is 0.711. The lowest BCUT2D eigenvalue weighted by atomic mass is 10.1. The highest BCUT2D eigenvalue weighted by Gasteiger charge is 2.50. The molecule has 0 amide bonds. The monoisotopic (exact) mass is 175 g/mol. The molecule has 0 unspecified atom stereocenters. The first kappa shape index (κ1) is 8.82. The molecule has 66 valence electrons. The number of carbonyl (C=O) groups excluding carboxylic acids is 3. The number of ketones is 2. The Labute approximate surface area is 66.7 Å². The van der Waals surface area contributed by atoms with Crippen molar-refractivity contribution in [3.05, 3.63) is 0 Å². The summed E-state index contributed by atoms with van der Waals surface area (Å²) in [6.07, 6.45) is -2.95. The molecule has 1 aliphatic rings. The second-order valence-electron chi connectivity index (χ2n) is 2.29. The van der Waals surface area contributed by atoms with Gasteiger partial charge in [0.15, 0.2) is 0 Å². The van der Waals surface area contributed by atoms with Gasteiger partial charge in [0.05, 0.1) is 6.61 Å². The van der Waals surface area contributed by atoms with Crippen LogP contribution in [0.1, 0.15) is 0 Å². The van der Waals surface area contributed by atoms with Crippen LogP contribution >= 0.6 is 0 Å². The molecule has 6 nitrogen and oxygen atoms in total. The Morgan fingerprint density at radius 2 is 2.17 bits per heavy atom. The molecule has 0 aliphatic carbocycles. The number of cyclic esters (lactones) is 1. The van der Waals surface area contributed by atoms with E-state index in [0.29, 0.717) is 0 Å². The van der Waals surface area contributed by atoms with E-state index in [9.17, 15) is 9.59 Å². The van der Waals surface area contributed by atoms with Gasteiger partial charge < -0.3 is 14.9 Å². The Hall–Kier alpha value is -1.27. The molecule has 0 radical (unpaired) electrons. The van der Waals surface area contributed by atoms with Crippen molar-refractivity contribution in [2.45, 2.75) is 12.2 Å².